The first-order valence-corrected chi connectivity index (χ1v) is 6.83. The maximum Gasteiger partial charge on any atom is 0.342 e. The highest BCUT2D eigenvalue weighted by molar-refractivity contribution is 5.99. The van der Waals surface area contributed by atoms with Crippen LogP contribution in [0, 0.1) is 6.92 Å². The number of hydrogen-bond donors (Lipinski definition) is 3. The number of carbonyl (C=O) groups is 3. The number of carbonyl (C=O) groups excluding carboxylic acids is 3. The molecule has 0 aliphatic rings. The smallest absolute Gasteiger partial charge is 0.342 e. The van der Waals surface area contributed by atoms with Crippen molar-refractivity contribution in [1.29, 1.82) is 0 Å². The Hall–Kier alpha value is -2.57. The van der Waals surface area contributed by atoms with Crippen molar-refractivity contribution in [2.75, 3.05) is 0 Å². The number of rotatable bonds is 4. The fourth-order valence-corrected chi connectivity index (χ4v) is 1.61. The Morgan fingerprint density at radius 3 is 2.41 bits per heavy atom. The van der Waals surface area contributed by atoms with E-state index in [2.05, 4.69) is 10.6 Å². The van der Waals surface area contributed by atoms with Crippen molar-refractivity contribution in [2.24, 2.45) is 0 Å². The summed E-state index contributed by atoms with van der Waals surface area (Å²) in [7, 11) is 0. The van der Waals surface area contributed by atoms with Gasteiger partial charge < -0.3 is 15.2 Å². The second-order valence-electron chi connectivity index (χ2n) is 5.14. The van der Waals surface area contributed by atoms with Gasteiger partial charge in [0, 0.05) is 6.04 Å². The topological polar surface area (TPSA) is 105 Å². The van der Waals surface area contributed by atoms with Crippen molar-refractivity contribution in [1.82, 2.24) is 10.6 Å². The Morgan fingerprint density at radius 2 is 1.82 bits per heavy atom. The minimum Gasteiger partial charge on any atom is -0.507 e. The highest BCUT2D eigenvalue weighted by Gasteiger charge is 2.22. The SMILES string of the molecule is Cc1cccc(C(=O)OC(C)C(=O)NC(=O)NC(C)C)c1O. The number of para-hydroxylation sites is 1. The van der Waals surface area contributed by atoms with E-state index in [-0.39, 0.29) is 17.4 Å². The highest BCUT2D eigenvalue weighted by atomic mass is 16.5. The third-order valence-corrected chi connectivity index (χ3v) is 2.77. The number of hydrogen-bond acceptors (Lipinski definition) is 5. The Kier molecular flexibility index (Phi) is 5.91. The molecule has 7 heteroatoms. The normalized spacial score (nSPS) is 11.7. The van der Waals surface area contributed by atoms with E-state index >= 15 is 0 Å². The van der Waals surface area contributed by atoms with Crippen LogP contribution in [-0.2, 0) is 9.53 Å². The predicted molar refractivity (Wildman–Crippen MR) is 79.5 cm³/mol. The summed E-state index contributed by atoms with van der Waals surface area (Å²) in [5.41, 5.74) is 0.481. The van der Waals surface area contributed by atoms with E-state index in [1.807, 2.05) is 0 Å². The molecule has 1 atom stereocenters. The molecule has 0 spiro atoms. The average Bonchev–Trinajstić information content (AvgIpc) is 2.40. The van der Waals surface area contributed by atoms with Gasteiger partial charge in [0.25, 0.3) is 5.91 Å². The lowest BCUT2D eigenvalue weighted by molar-refractivity contribution is -0.127. The summed E-state index contributed by atoms with van der Waals surface area (Å²) >= 11 is 0. The molecule has 3 amide bonds. The van der Waals surface area contributed by atoms with Crippen molar-refractivity contribution >= 4 is 17.9 Å². The third kappa shape index (κ3) is 4.76. The molecular formula is C15H20N2O5. The second-order valence-corrected chi connectivity index (χ2v) is 5.14. The lowest BCUT2D eigenvalue weighted by Gasteiger charge is -2.15. The van der Waals surface area contributed by atoms with Gasteiger partial charge >= 0.3 is 12.0 Å². The standard InChI is InChI=1S/C15H20N2O5/c1-8(2)16-15(21)17-13(19)10(4)22-14(20)11-7-5-6-9(3)12(11)18/h5-8,10,18H,1-4H3,(H2,16,17,19,21). The molecular weight excluding hydrogens is 288 g/mol. The molecule has 0 saturated heterocycles. The van der Waals surface area contributed by atoms with E-state index in [4.69, 9.17) is 4.74 Å². The molecule has 0 saturated carbocycles. The molecule has 1 aromatic carbocycles. The summed E-state index contributed by atoms with van der Waals surface area (Å²) < 4.78 is 4.95. The number of amides is 3. The lowest BCUT2D eigenvalue weighted by atomic mass is 10.1. The van der Waals surface area contributed by atoms with Gasteiger partial charge in [-0.25, -0.2) is 9.59 Å². The fourth-order valence-electron chi connectivity index (χ4n) is 1.61. The number of ether oxygens (including phenoxy) is 1. The Bertz CT molecular complexity index is 583. The molecule has 1 rings (SSSR count). The molecule has 0 fully saturated rings. The van der Waals surface area contributed by atoms with Crippen LogP contribution in [0.1, 0.15) is 36.7 Å². The van der Waals surface area contributed by atoms with Crippen molar-refractivity contribution < 1.29 is 24.2 Å². The molecule has 1 unspecified atom stereocenters. The Balaban J connectivity index is 2.66. The molecule has 120 valence electrons. The van der Waals surface area contributed by atoms with Crippen LogP contribution < -0.4 is 10.6 Å². The van der Waals surface area contributed by atoms with Crippen LogP contribution in [0.4, 0.5) is 4.79 Å². The minimum atomic E-state index is -1.18. The molecule has 0 heterocycles. The van der Waals surface area contributed by atoms with Gasteiger partial charge in [-0.3, -0.25) is 10.1 Å². The second kappa shape index (κ2) is 7.44. The number of phenols is 1. The number of aromatic hydroxyl groups is 1. The minimum absolute atomic E-state index is 0.0359. The van der Waals surface area contributed by atoms with Crippen molar-refractivity contribution in [2.45, 2.75) is 39.8 Å². The van der Waals surface area contributed by atoms with Crippen LogP contribution in [0.25, 0.3) is 0 Å². The zero-order chi connectivity index (χ0) is 16.9. The Labute approximate surface area is 128 Å². The zero-order valence-electron chi connectivity index (χ0n) is 13.0. The first-order valence-electron chi connectivity index (χ1n) is 6.83. The Morgan fingerprint density at radius 1 is 1.18 bits per heavy atom. The fraction of sp³-hybridized carbons (Fsp3) is 0.400. The summed E-state index contributed by atoms with van der Waals surface area (Å²) in [5, 5.41) is 14.3. The van der Waals surface area contributed by atoms with Gasteiger partial charge in [0.15, 0.2) is 6.10 Å². The summed E-state index contributed by atoms with van der Waals surface area (Å²) in [5.74, 6) is -1.79. The maximum absolute atomic E-state index is 11.9. The molecule has 0 aliphatic carbocycles. The van der Waals surface area contributed by atoms with Crippen molar-refractivity contribution in [3.05, 3.63) is 29.3 Å². The van der Waals surface area contributed by atoms with E-state index in [0.29, 0.717) is 5.56 Å². The van der Waals surface area contributed by atoms with Crippen LogP contribution in [0.3, 0.4) is 0 Å². The first kappa shape index (κ1) is 17.5. The molecule has 1 aromatic rings. The van der Waals surface area contributed by atoms with Gasteiger partial charge in [-0.2, -0.15) is 0 Å². The molecule has 7 nitrogen and oxygen atoms in total. The quantitative estimate of drug-likeness (QED) is 0.731. The van der Waals surface area contributed by atoms with Gasteiger partial charge in [0.2, 0.25) is 0 Å². The van der Waals surface area contributed by atoms with E-state index in [0.717, 1.165) is 0 Å². The number of imide groups is 1. The average molecular weight is 308 g/mol. The number of benzene rings is 1. The van der Waals surface area contributed by atoms with E-state index in [9.17, 15) is 19.5 Å². The maximum atomic E-state index is 11.9. The van der Waals surface area contributed by atoms with Crippen LogP contribution in [-0.4, -0.2) is 35.2 Å². The van der Waals surface area contributed by atoms with Gasteiger partial charge in [-0.15, -0.1) is 0 Å². The summed E-state index contributed by atoms with van der Waals surface area (Å²) in [4.78, 5) is 35.1. The number of urea groups is 1. The zero-order valence-corrected chi connectivity index (χ0v) is 13.0. The lowest BCUT2D eigenvalue weighted by Crippen LogP contribution is -2.46. The van der Waals surface area contributed by atoms with Crippen LogP contribution in [0.5, 0.6) is 5.75 Å². The third-order valence-electron chi connectivity index (χ3n) is 2.77. The van der Waals surface area contributed by atoms with Gasteiger partial charge in [0.1, 0.15) is 11.3 Å². The molecule has 3 N–H and O–H groups in total. The van der Waals surface area contributed by atoms with Crippen LogP contribution in [0.2, 0.25) is 0 Å². The monoisotopic (exact) mass is 308 g/mol. The highest BCUT2D eigenvalue weighted by Crippen LogP contribution is 2.22. The van der Waals surface area contributed by atoms with Gasteiger partial charge in [-0.05, 0) is 39.3 Å². The summed E-state index contributed by atoms with van der Waals surface area (Å²) in [6, 6.07) is 3.82. The number of aryl methyl sites for hydroxylation is 1. The van der Waals surface area contributed by atoms with Crippen LogP contribution >= 0.6 is 0 Å². The van der Waals surface area contributed by atoms with Gasteiger partial charge in [-0.1, -0.05) is 12.1 Å². The number of nitrogens with one attached hydrogen (secondary N) is 2. The van der Waals surface area contributed by atoms with Crippen LogP contribution in [0.15, 0.2) is 18.2 Å². The summed E-state index contributed by atoms with van der Waals surface area (Å²) in [6.45, 7) is 6.46. The summed E-state index contributed by atoms with van der Waals surface area (Å²) in [6.07, 6.45) is -1.18. The largest absolute Gasteiger partial charge is 0.507 e. The molecule has 0 aliphatic heterocycles. The molecule has 0 bridgehead atoms. The molecule has 0 aromatic heterocycles. The number of esters is 1. The molecule has 22 heavy (non-hydrogen) atoms. The van der Waals surface area contributed by atoms with E-state index in [1.54, 1.807) is 32.9 Å². The van der Waals surface area contributed by atoms with E-state index in [1.165, 1.54) is 13.0 Å². The first-order chi connectivity index (χ1) is 10.2. The van der Waals surface area contributed by atoms with E-state index < -0.39 is 24.0 Å². The number of phenolic OH excluding ortho intramolecular Hbond substituents is 1. The predicted octanol–water partition coefficient (Wildman–Crippen LogP) is 1.48. The van der Waals surface area contributed by atoms with Crippen molar-refractivity contribution in [3.63, 3.8) is 0 Å². The van der Waals surface area contributed by atoms with Gasteiger partial charge in [0.05, 0.1) is 0 Å². The van der Waals surface area contributed by atoms with Crippen molar-refractivity contribution in [3.8, 4) is 5.75 Å². The molecule has 0 radical (unpaired) electrons.